The van der Waals surface area contributed by atoms with Crippen LogP contribution in [0.2, 0.25) is 0 Å². The highest BCUT2D eigenvalue weighted by atomic mass is 16.5. The Hall–Kier alpha value is -0.940. The predicted molar refractivity (Wildman–Crippen MR) is 54.4 cm³/mol. The van der Waals surface area contributed by atoms with Crippen molar-refractivity contribution in [2.75, 3.05) is 13.2 Å². The summed E-state index contributed by atoms with van der Waals surface area (Å²) < 4.78 is 10.6. The van der Waals surface area contributed by atoms with Crippen LogP contribution in [0.5, 0.6) is 0 Å². The van der Waals surface area contributed by atoms with Crippen molar-refractivity contribution in [1.29, 1.82) is 0 Å². The fourth-order valence-electron chi connectivity index (χ4n) is 1.73. The van der Waals surface area contributed by atoms with Gasteiger partial charge in [0, 0.05) is 13.0 Å². The van der Waals surface area contributed by atoms with Crippen molar-refractivity contribution in [3.05, 3.63) is 11.7 Å². The van der Waals surface area contributed by atoms with E-state index in [1.807, 2.05) is 0 Å². The smallest absolute Gasteiger partial charge is 0.229 e. The molecule has 1 saturated heterocycles. The van der Waals surface area contributed by atoms with E-state index in [-0.39, 0.29) is 6.10 Å². The maximum Gasteiger partial charge on any atom is 0.229 e. The third-order valence-corrected chi connectivity index (χ3v) is 2.54. The summed E-state index contributed by atoms with van der Waals surface area (Å²) in [5, 5.41) is 3.90. The third-order valence-electron chi connectivity index (χ3n) is 2.54. The molecule has 1 aliphatic rings. The molecule has 0 saturated carbocycles. The van der Waals surface area contributed by atoms with Crippen LogP contribution in [0.3, 0.4) is 0 Å². The summed E-state index contributed by atoms with van der Waals surface area (Å²) in [6.07, 6.45) is 4.95. The number of aryl methyl sites for hydroxylation is 1. The van der Waals surface area contributed by atoms with Crippen molar-refractivity contribution in [2.45, 2.75) is 38.2 Å². The van der Waals surface area contributed by atoms with Crippen LogP contribution in [0.4, 0.5) is 0 Å². The summed E-state index contributed by atoms with van der Waals surface area (Å²) >= 11 is 0. The Bertz CT molecular complexity index is 295. The van der Waals surface area contributed by atoms with Crippen LogP contribution in [0.1, 0.15) is 31.0 Å². The second-order valence-corrected chi connectivity index (χ2v) is 3.84. The molecule has 0 aliphatic carbocycles. The van der Waals surface area contributed by atoms with Crippen LogP contribution in [0.15, 0.2) is 4.52 Å². The summed E-state index contributed by atoms with van der Waals surface area (Å²) in [5.74, 6) is 1.45. The van der Waals surface area contributed by atoms with Gasteiger partial charge in [-0.05, 0) is 25.8 Å². The molecule has 1 fully saturated rings. The van der Waals surface area contributed by atoms with Gasteiger partial charge in [0.05, 0.1) is 12.5 Å². The topological polar surface area (TPSA) is 74.2 Å². The Balaban J connectivity index is 1.83. The van der Waals surface area contributed by atoms with E-state index >= 15 is 0 Å². The number of aromatic nitrogens is 2. The number of nitrogens with two attached hydrogens (primary N) is 1. The van der Waals surface area contributed by atoms with Gasteiger partial charge < -0.3 is 15.0 Å². The van der Waals surface area contributed by atoms with Gasteiger partial charge in [0.15, 0.2) is 5.82 Å². The highest BCUT2D eigenvalue weighted by Gasteiger charge is 2.19. The van der Waals surface area contributed by atoms with Gasteiger partial charge in [0.1, 0.15) is 0 Å². The molecule has 1 aromatic rings. The van der Waals surface area contributed by atoms with Crippen LogP contribution >= 0.6 is 0 Å². The van der Waals surface area contributed by atoms with E-state index in [0.29, 0.717) is 12.4 Å². The van der Waals surface area contributed by atoms with E-state index in [4.69, 9.17) is 15.0 Å². The maximum absolute atomic E-state index is 5.50. The average molecular weight is 211 g/mol. The van der Waals surface area contributed by atoms with Gasteiger partial charge in [-0.2, -0.15) is 4.98 Å². The molecule has 0 spiro atoms. The summed E-state index contributed by atoms with van der Waals surface area (Å²) in [7, 11) is 0. The van der Waals surface area contributed by atoms with Crippen molar-refractivity contribution in [2.24, 2.45) is 5.73 Å². The Morgan fingerprint density at radius 1 is 1.47 bits per heavy atom. The zero-order valence-corrected chi connectivity index (χ0v) is 8.82. The molecule has 84 valence electrons. The first kappa shape index (κ1) is 10.6. The molecule has 1 unspecified atom stereocenters. The first-order valence-corrected chi connectivity index (χ1v) is 5.51. The molecular formula is C10H17N3O2. The van der Waals surface area contributed by atoms with Gasteiger partial charge in [-0.15, -0.1) is 0 Å². The number of rotatable bonds is 5. The van der Waals surface area contributed by atoms with E-state index in [2.05, 4.69) is 10.1 Å². The zero-order valence-electron chi connectivity index (χ0n) is 8.82. The average Bonchev–Trinajstić information content (AvgIpc) is 2.87. The molecular weight excluding hydrogens is 194 g/mol. The molecule has 1 aromatic heterocycles. The largest absolute Gasteiger partial charge is 0.378 e. The SMILES string of the molecule is NCCCc1noc(CC2CCCO2)n1. The van der Waals surface area contributed by atoms with E-state index in [1.54, 1.807) is 0 Å². The standard InChI is InChI=1S/C10H17N3O2/c11-5-1-4-9-12-10(15-13-9)7-8-3-2-6-14-8/h8H,1-7,11H2. The van der Waals surface area contributed by atoms with E-state index < -0.39 is 0 Å². The molecule has 1 atom stereocenters. The zero-order chi connectivity index (χ0) is 10.5. The third kappa shape index (κ3) is 3.00. The number of ether oxygens (including phenoxy) is 1. The van der Waals surface area contributed by atoms with Gasteiger partial charge in [0.2, 0.25) is 5.89 Å². The first-order valence-electron chi connectivity index (χ1n) is 5.51. The van der Waals surface area contributed by atoms with Crippen molar-refractivity contribution in [1.82, 2.24) is 10.1 Å². The first-order chi connectivity index (χ1) is 7.38. The monoisotopic (exact) mass is 211 g/mol. The van der Waals surface area contributed by atoms with Crippen molar-refractivity contribution in [3.8, 4) is 0 Å². The van der Waals surface area contributed by atoms with E-state index in [9.17, 15) is 0 Å². The number of hydrogen-bond donors (Lipinski definition) is 1. The molecule has 2 heterocycles. The van der Waals surface area contributed by atoms with Crippen LogP contribution in [-0.2, 0) is 17.6 Å². The summed E-state index contributed by atoms with van der Waals surface area (Å²) in [6, 6.07) is 0. The molecule has 0 radical (unpaired) electrons. The minimum absolute atomic E-state index is 0.271. The van der Waals surface area contributed by atoms with Crippen LogP contribution in [0, 0.1) is 0 Å². The summed E-state index contributed by atoms with van der Waals surface area (Å²) in [5.41, 5.74) is 5.41. The summed E-state index contributed by atoms with van der Waals surface area (Å²) in [6.45, 7) is 1.52. The van der Waals surface area contributed by atoms with Crippen LogP contribution in [-0.4, -0.2) is 29.4 Å². The molecule has 0 bridgehead atoms. The minimum Gasteiger partial charge on any atom is -0.378 e. The molecule has 5 heteroatoms. The Morgan fingerprint density at radius 3 is 3.13 bits per heavy atom. The maximum atomic E-state index is 5.50. The highest BCUT2D eigenvalue weighted by molar-refractivity contribution is 4.89. The van der Waals surface area contributed by atoms with Crippen molar-refractivity contribution < 1.29 is 9.26 Å². The van der Waals surface area contributed by atoms with E-state index in [0.717, 1.165) is 44.5 Å². The Labute approximate surface area is 89.0 Å². The fraction of sp³-hybridized carbons (Fsp3) is 0.800. The van der Waals surface area contributed by atoms with Gasteiger partial charge in [0.25, 0.3) is 0 Å². The van der Waals surface area contributed by atoms with Gasteiger partial charge >= 0.3 is 0 Å². The van der Waals surface area contributed by atoms with Gasteiger partial charge in [-0.25, -0.2) is 0 Å². The lowest BCUT2D eigenvalue weighted by atomic mass is 10.2. The summed E-state index contributed by atoms with van der Waals surface area (Å²) in [4.78, 5) is 4.30. The lowest BCUT2D eigenvalue weighted by molar-refractivity contribution is 0.104. The van der Waals surface area contributed by atoms with Crippen molar-refractivity contribution >= 4 is 0 Å². The minimum atomic E-state index is 0.271. The Kier molecular flexibility index (Phi) is 3.69. The molecule has 2 N–H and O–H groups in total. The number of nitrogens with zero attached hydrogens (tertiary/aromatic N) is 2. The molecule has 5 nitrogen and oxygen atoms in total. The normalized spacial score (nSPS) is 21.0. The molecule has 2 rings (SSSR count). The Morgan fingerprint density at radius 2 is 2.40 bits per heavy atom. The quantitative estimate of drug-likeness (QED) is 0.775. The van der Waals surface area contributed by atoms with Crippen LogP contribution in [0.25, 0.3) is 0 Å². The van der Waals surface area contributed by atoms with Gasteiger partial charge in [-0.3, -0.25) is 0 Å². The molecule has 0 amide bonds. The molecule has 1 aliphatic heterocycles. The predicted octanol–water partition coefficient (Wildman–Crippen LogP) is 0.682. The second-order valence-electron chi connectivity index (χ2n) is 3.84. The lowest BCUT2D eigenvalue weighted by Gasteiger charge is -2.03. The van der Waals surface area contributed by atoms with Gasteiger partial charge in [-0.1, -0.05) is 5.16 Å². The number of hydrogen-bond acceptors (Lipinski definition) is 5. The lowest BCUT2D eigenvalue weighted by Crippen LogP contribution is -2.09. The molecule has 0 aromatic carbocycles. The second kappa shape index (κ2) is 5.23. The molecule has 15 heavy (non-hydrogen) atoms. The van der Waals surface area contributed by atoms with Crippen LogP contribution < -0.4 is 5.73 Å². The van der Waals surface area contributed by atoms with Crippen molar-refractivity contribution in [3.63, 3.8) is 0 Å². The highest BCUT2D eigenvalue weighted by Crippen LogP contribution is 2.16. The van der Waals surface area contributed by atoms with E-state index in [1.165, 1.54) is 0 Å². The fourth-order valence-corrected chi connectivity index (χ4v) is 1.73.